The van der Waals surface area contributed by atoms with Crippen molar-refractivity contribution in [3.05, 3.63) is 107 Å². The number of anilines is 1. The van der Waals surface area contributed by atoms with Gasteiger partial charge in [0.05, 0.1) is 23.0 Å². The molecule has 0 saturated carbocycles. The van der Waals surface area contributed by atoms with E-state index in [0.29, 0.717) is 39.3 Å². The number of rotatable bonds is 13. The highest BCUT2D eigenvalue weighted by Crippen LogP contribution is 2.34. The number of hydrogen-bond donors (Lipinski definition) is 4. The van der Waals surface area contributed by atoms with Gasteiger partial charge in [0.25, 0.3) is 0 Å². The summed E-state index contributed by atoms with van der Waals surface area (Å²) in [5, 5.41) is 39.2. The predicted molar refractivity (Wildman–Crippen MR) is 199 cm³/mol. The molecule has 0 bridgehead atoms. The van der Waals surface area contributed by atoms with E-state index in [4.69, 9.17) is 21.4 Å². The zero-order valence-electron chi connectivity index (χ0n) is 27.6. The molecule has 0 atom stereocenters. The molecule has 0 unspecified atom stereocenters. The van der Waals surface area contributed by atoms with Crippen molar-refractivity contribution in [2.24, 2.45) is 0 Å². The molecule has 0 aliphatic heterocycles. The summed E-state index contributed by atoms with van der Waals surface area (Å²) >= 11 is 9.71. The van der Waals surface area contributed by atoms with Crippen LogP contribution in [0, 0.1) is 0 Å². The van der Waals surface area contributed by atoms with Crippen LogP contribution >= 0.6 is 35.1 Å². The van der Waals surface area contributed by atoms with Crippen molar-refractivity contribution in [1.82, 2.24) is 29.7 Å². The molecule has 6 aromatic rings. The quantitative estimate of drug-likeness (QED) is 0.0956. The summed E-state index contributed by atoms with van der Waals surface area (Å²) in [4.78, 5) is 15.3. The van der Waals surface area contributed by atoms with E-state index in [1.54, 1.807) is 40.3 Å². The lowest BCUT2D eigenvalue weighted by atomic mass is 9.92. The van der Waals surface area contributed by atoms with E-state index in [1.165, 1.54) is 6.07 Å². The van der Waals surface area contributed by atoms with E-state index in [-0.39, 0.29) is 37.0 Å². The van der Waals surface area contributed by atoms with Gasteiger partial charge in [-0.25, -0.2) is 9.48 Å². The number of halogens is 1. The Morgan fingerprint density at radius 3 is 2.68 bits per heavy atom. The molecule has 0 fully saturated rings. The molecule has 3 heterocycles. The fourth-order valence-electron chi connectivity index (χ4n) is 5.31. The number of fused-ring (bicyclic) bond motifs is 1. The summed E-state index contributed by atoms with van der Waals surface area (Å²) < 4.78 is 9.16. The number of amides is 2. The van der Waals surface area contributed by atoms with Gasteiger partial charge in [-0.2, -0.15) is 16.9 Å². The van der Waals surface area contributed by atoms with Crippen LogP contribution in [0.4, 0.5) is 10.6 Å². The summed E-state index contributed by atoms with van der Waals surface area (Å²) in [6.45, 7) is 4.60. The van der Waals surface area contributed by atoms with Gasteiger partial charge in [-0.3, -0.25) is 9.72 Å². The normalized spacial score (nSPS) is 11.5. The van der Waals surface area contributed by atoms with Gasteiger partial charge in [-0.15, -0.1) is 10.2 Å². The van der Waals surface area contributed by atoms with Gasteiger partial charge in [0.1, 0.15) is 23.9 Å². The van der Waals surface area contributed by atoms with E-state index < -0.39 is 0 Å². The Balaban J connectivity index is 1.20. The fourth-order valence-corrected chi connectivity index (χ4v) is 7.35. The van der Waals surface area contributed by atoms with Crippen molar-refractivity contribution in [3.63, 3.8) is 0 Å². The van der Waals surface area contributed by atoms with Crippen molar-refractivity contribution in [3.8, 4) is 28.6 Å². The summed E-state index contributed by atoms with van der Waals surface area (Å²) in [6, 6.07) is 25.3. The van der Waals surface area contributed by atoms with Crippen LogP contribution in [0.3, 0.4) is 0 Å². The van der Waals surface area contributed by atoms with Gasteiger partial charge in [0.15, 0.2) is 11.5 Å². The minimum absolute atomic E-state index is 0.0829. The first-order chi connectivity index (χ1) is 24.1. The van der Waals surface area contributed by atoms with Gasteiger partial charge < -0.3 is 20.3 Å². The minimum atomic E-state index is -0.383. The topological polar surface area (TPSA) is 139 Å². The minimum Gasteiger partial charge on any atom is -0.508 e. The highest BCUT2D eigenvalue weighted by molar-refractivity contribution is 7.99. The van der Waals surface area contributed by atoms with E-state index in [9.17, 15) is 15.0 Å². The number of benzene rings is 3. The van der Waals surface area contributed by atoms with E-state index in [0.717, 1.165) is 26.8 Å². The maximum absolute atomic E-state index is 13.4. The number of nitrogens with zero attached hydrogens (tertiary/aromatic N) is 5. The molecule has 4 N–H and O–H groups in total. The molecule has 6 rings (SSSR count). The van der Waals surface area contributed by atoms with Crippen molar-refractivity contribution in [2.45, 2.75) is 35.6 Å². The lowest BCUT2D eigenvalue weighted by Gasteiger charge is -2.20. The smallest absolute Gasteiger partial charge is 0.320 e. The van der Waals surface area contributed by atoms with Crippen LogP contribution < -0.4 is 15.4 Å². The van der Waals surface area contributed by atoms with Crippen LogP contribution in [0.1, 0.15) is 25.1 Å². The highest BCUT2D eigenvalue weighted by atomic mass is 35.5. The Morgan fingerprint density at radius 1 is 1.02 bits per heavy atom. The number of aromatic hydroxyl groups is 1. The third-order valence-corrected chi connectivity index (χ3v) is 10.2. The van der Waals surface area contributed by atoms with Crippen molar-refractivity contribution in [2.75, 3.05) is 30.5 Å². The van der Waals surface area contributed by atoms with Gasteiger partial charge >= 0.3 is 6.03 Å². The van der Waals surface area contributed by atoms with E-state index in [2.05, 4.69) is 40.9 Å². The van der Waals surface area contributed by atoms with Crippen molar-refractivity contribution >= 4 is 52.6 Å². The number of aromatic nitrogens is 5. The van der Waals surface area contributed by atoms with Gasteiger partial charge in [0, 0.05) is 51.4 Å². The molecule has 11 nitrogen and oxygen atoms in total. The average molecular weight is 730 g/mol. The number of carbonyl (C=O) groups excluding carboxylic acids is 1. The fraction of sp³-hybridized carbons (Fsp3) is 0.222. The molecule has 0 saturated heterocycles. The first-order valence-corrected chi connectivity index (χ1v) is 18.3. The Bertz CT molecular complexity index is 2140. The van der Waals surface area contributed by atoms with Crippen molar-refractivity contribution in [1.29, 1.82) is 0 Å². The number of pyridine rings is 1. The second kappa shape index (κ2) is 15.5. The van der Waals surface area contributed by atoms with Crippen LogP contribution in [-0.2, 0) is 12.0 Å². The molecule has 258 valence electrons. The Hall–Kier alpha value is -4.69. The van der Waals surface area contributed by atoms with E-state index in [1.807, 2.05) is 77.3 Å². The van der Waals surface area contributed by atoms with Crippen LogP contribution in [-0.4, -0.2) is 65.8 Å². The molecular weight excluding hydrogens is 694 g/mol. The summed E-state index contributed by atoms with van der Waals surface area (Å²) in [7, 11) is 0. The molecule has 14 heteroatoms. The number of phenolic OH excluding ortho intramolecular Hbond substituents is 1. The molecule has 3 aromatic carbocycles. The molecule has 3 aromatic heterocycles. The number of urea groups is 1. The molecule has 0 spiro atoms. The summed E-state index contributed by atoms with van der Waals surface area (Å²) in [6.07, 6.45) is 3.98. The highest BCUT2D eigenvalue weighted by Gasteiger charge is 2.26. The second-order valence-electron chi connectivity index (χ2n) is 12.0. The predicted octanol–water partition coefficient (Wildman–Crippen LogP) is 7.43. The molecule has 0 radical (unpaired) electrons. The molecular formula is C36H36ClN7O4S2. The van der Waals surface area contributed by atoms with Crippen LogP contribution in [0.5, 0.6) is 11.5 Å². The van der Waals surface area contributed by atoms with E-state index >= 15 is 0 Å². The number of nitrogens with one attached hydrogen (secondary N) is 2. The number of aliphatic hydroxyl groups excluding tert-OH is 1. The van der Waals surface area contributed by atoms with Crippen LogP contribution in [0.2, 0.25) is 5.02 Å². The number of hydrogen-bond acceptors (Lipinski definition) is 9. The van der Waals surface area contributed by atoms with Crippen LogP contribution in [0.15, 0.2) is 101 Å². The third-order valence-electron chi connectivity index (χ3n) is 7.78. The zero-order valence-corrected chi connectivity index (χ0v) is 30.0. The first-order valence-electron chi connectivity index (χ1n) is 15.7. The lowest BCUT2D eigenvalue weighted by Crippen LogP contribution is -2.29. The summed E-state index contributed by atoms with van der Waals surface area (Å²) in [5.74, 6) is 2.54. The number of ether oxygens (including phenoxy) is 1. The molecule has 0 aliphatic rings. The Morgan fingerprint density at radius 2 is 1.86 bits per heavy atom. The number of aliphatic hydroxyl groups is 1. The third kappa shape index (κ3) is 8.02. The van der Waals surface area contributed by atoms with Gasteiger partial charge in [-0.05, 0) is 60.4 Å². The Kier molecular flexibility index (Phi) is 10.9. The monoisotopic (exact) mass is 729 g/mol. The zero-order chi connectivity index (χ0) is 35.3. The number of thioether (sulfide) groups is 1. The maximum Gasteiger partial charge on any atom is 0.320 e. The van der Waals surface area contributed by atoms with Crippen molar-refractivity contribution < 1.29 is 19.7 Å². The summed E-state index contributed by atoms with van der Waals surface area (Å²) in [5.41, 5.74) is 3.44. The number of phenols is 1. The standard InChI is InChI=1S/C36H36ClN7O4S2/c1-36(2,22-49-3)31-19-33(44(42-31)24-8-6-9-26(17-24)48-16-15-45)39-35(47)38-20-23-7-4-5-10-30(23)50-27-12-14-32-40-41-34(43(32)21-27)28-18-25(46)11-13-29(28)37/h4-14,17-19,21,45-46H,15-16,20,22H2,1-3H3,(H2,38,39,47). The average Bonchev–Trinajstić information content (AvgIpc) is 3.73. The Labute approximate surface area is 303 Å². The largest absolute Gasteiger partial charge is 0.508 e. The molecule has 0 aliphatic carbocycles. The lowest BCUT2D eigenvalue weighted by molar-refractivity contribution is 0.201. The first kappa shape index (κ1) is 35.1. The number of carbonyl (C=O) groups is 1. The molecule has 50 heavy (non-hydrogen) atoms. The van der Waals surface area contributed by atoms with Gasteiger partial charge in [0.2, 0.25) is 0 Å². The molecule has 2 amide bonds. The van der Waals surface area contributed by atoms with Crippen LogP contribution in [0.25, 0.3) is 22.7 Å². The second-order valence-corrected chi connectivity index (χ2v) is 14.4. The van der Waals surface area contributed by atoms with Gasteiger partial charge in [-0.1, -0.05) is 61.5 Å². The SMILES string of the molecule is CSCC(C)(C)c1cc(NC(=O)NCc2ccccc2Sc2ccc3nnc(-c4cc(O)ccc4Cl)n3c2)n(-c2cccc(OCCO)c2)n1. The maximum atomic E-state index is 13.4.